The number of ether oxygens (including phenoxy) is 2. The quantitative estimate of drug-likeness (QED) is 0.776. The minimum absolute atomic E-state index is 0.0213. The lowest BCUT2D eigenvalue weighted by Crippen LogP contribution is -2.51. The molecule has 0 amide bonds. The van der Waals surface area contributed by atoms with Crippen LogP contribution >= 0.6 is 0 Å². The van der Waals surface area contributed by atoms with Crippen LogP contribution in [-0.2, 0) is 19.1 Å². The molecular weight excluding hydrogens is 330 g/mol. The van der Waals surface area contributed by atoms with Gasteiger partial charge >= 0.3 is 0 Å². The van der Waals surface area contributed by atoms with Crippen molar-refractivity contribution in [2.75, 3.05) is 11.5 Å². The molecule has 0 aliphatic carbocycles. The summed E-state index contributed by atoms with van der Waals surface area (Å²) in [6, 6.07) is 7.59. The maximum Gasteiger partial charge on any atom is 0.218 e. The van der Waals surface area contributed by atoms with Crippen LogP contribution in [0, 0.1) is 17.3 Å². The van der Waals surface area contributed by atoms with Crippen LogP contribution < -0.4 is 4.90 Å². The zero-order chi connectivity index (χ0) is 18.2. The Labute approximate surface area is 153 Å². The van der Waals surface area contributed by atoms with Crippen LogP contribution in [0.5, 0.6) is 0 Å². The monoisotopic (exact) mass is 353 g/mol. The van der Waals surface area contributed by atoms with Crippen LogP contribution in [0.2, 0.25) is 0 Å². The van der Waals surface area contributed by atoms with Gasteiger partial charge in [0.2, 0.25) is 6.29 Å². The molecule has 1 aromatic carbocycles. The molecule has 0 N–H and O–H groups in total. The number of hydrogen-bond acceptors (Lipinski definition) is 5. The van der Waals surface area contributed by atoms with Crippen LogP contribution in [0.25, 0.3) is 6.08 Å². The molecule has 26 heavy (non-hydrogen) atoms. The molecule has 4 aliphatic rings. The van der Waals surface area contributed by atoms with Gasteiger partial charge in [-0.1, -0.05) is 51.1 Å². The van der Waals surface area contributed by atoms with Gasteiger partial charge in [-0.25, -0.2) is 0 Å². The summed E-state index contributed by atoms with van der Waals surface area (Å²) >= 11 is 0. The van der Waals surface area contributed by atoms with Gasteiger partial charge in [-0.15, -0.1) is 0 Å². The van der Waals surface area contributed by atoms with Crippen LogP contribution in [-0.4, -0.2) is 42.7 Å². The van der Waals surface area contributed by atoms with E-state index < -0.39 is 11.7 Å². The summed E-state index contributed by atoms with van der Waals surface area (Å²) in [7, 11) is 0. The molecule has 1 aromatic rings. The second-order valence-corrected chi connectivity index (χ2v) is 8.72. The fourth-order valence-electron chi connectivity index (χ4n) is 5.02. The number of rotatable bonds is 1. The Morgan fingerprint density at radius 1 is 1.23 bits per heavy atom. The number of para-hydroxylation sites is 1. The number of anilines is 1. The van der Waals surface area contributed by atoms with Crippen molar-refractivity contribution >= 4 is 23.3 Å². The summed E-state index contributed by atoms with van der Waals surface area (Å²) in [6.07, 6.45) is 3.18. The van der Waals surface area contributed by atoms with E-state index in [0.717, 1.165) is 11.3 Å². The Kier molecular flexibility index (Phi) is 3.29. The average molecular weight is 353 g/mol. The minimum atomic E-state index is -0.767. The second kappa shape index (κ2) is 5.27. The van der Waals surface area contributed by atoms with E-state index in [1.54, 1.807) is 0 Å². The van der Waals surface area contributed by atoms with Gasteiger partial charge in [0.15, 0.2) is 11.6 Å². The third kappa shape index (κ3) is 2.04. The van der Waals surface area contributed by atoms with Gasteiger partial charge in [0, 0.05) is 17.0 Å². The van der Waals surface area contributed by atoms with Gasteiger partial charge in [0.25, 0.3) is 0 Å². The third-order valence-corrected chi connectivity index (χ3v) is 6.16. The summed E-state index contributed by atoms with van der Waals surface area (Å²) in [6.45, 7) is 6.23. The number of nitrogens with zero attached hydrogens (tertiary/aromatic N) is 1. The number of carbonyl (C=O) groups excluding carboxylic acids is 2. The lowest BCUT2D eigenvalue weighted by atomic mass is 9.74. The number of fused-ring (bicyclic) bond motifs is 8. The van der Waals surface area contributed by atoms with Gasteiger partial charge in [-0.2, -0.15) is 0 Å². The van der Waals surface area contributed by atoms with Crippen molar-refractivity contribution in [1.82, 2.24) is 0 Å². The first-order valence-electron chi connectivity index (χ1n) is 9.28. The summed E-state index contributed by atoms with van der Waals surface area (Å²) in [5, 5.41) is 0. The Hall–Kier alpha value is -1.98. The van der Waals surface area contributed by atoms with Crippen molar-refractivity contribution in [2.24, 2.45) is 17.3 Å². The topological polar surface area (TPSA) is 55.8 Å². The average Bonchev–Trinajstić information content (AvgIpc) is 3.19. The number of ketones is 2. The third-order valence-electron chi connectivity index (χ3n) is 6.16. The molecule has 5 nitrogen and oxygen atoms in total. The van der Waals surface area contributed by atoms with Crippen molar-refractivity contribution in [3.8, 4) is 0 Å². The molecule has 136 valence electrons. The van der Waals surface area contributed by atoms with Crippen molar-refractivity contribution in [1.29, 1.82) is 0 Å². The maximum atomic E-state index is 13.5. The van der Waals surface area contributed by atoms with Crippen LogP contribution in [0.15, 0.2) is 30.3 Å². The molecule has 0 saturated carbocycles. The van der Waals surface area contributed by atoms with Gasteiger partial charge in [0.1, 0.15) is 0 Å². The first-order valence-corrected chi connectivity index (χ1v) is 9.28. The van der Waals surface area contributed by atoms with Gasteiger partial charge in [0.05, 0.1) is 30.7 Å². The summed E-state index contributed by atoms with van der Waals surface area (Å²) in [5.74, 6) is -0.301. The molecule has 4 heterocycles. The van der Waals surface area contributed by atoms with Crippen molar-refractivity contribution in [2.45, 2.75) is 45.2 Å². The Bertz CT molecular complexity index is 824. The van der Waals surface area contributed by atoms with Crippen LogP contribution in [0.4, 0.5) is 5.69 Å². The molecule has 0 radical (unpaired) electrons. The van der Waals surface area contributed by atoms with E-state index in [1.165, 1.54) is 0 Å². The van der Waals surface area contributed by atoms with Crippen molar-refractivity contribution < 1.29 is 19.1 Å². The second-order valence-electron chi connectivity index (χ2n) is 8.72. The zero-order valence-corrected chi connectivity index (χ0v) is 15.2. The highest BCUT2D eigenvalue weighted by atomic mass is 16.7. The minimum Gasteiger partial charge on any atom is -0.353 e. The number of carbonyl (C=O) groups is 2. The van der Waals surface area contributed by atoms with E-state index in [9.17, 15) is 9.59 Å². The molecule has 0 spiro atoms. The molecule has 4 aliphatic heterocycles. The molecule has 5 rings (SSSR count). The molecule has 3 fully saturated rings. The highest BCUT2D eigenvalue weighted by Gasteiger charge is 2.64. The largest absolute Gasteiger partial charge is 0.353 e. The first-order chi connectivity index (χ1) is 12.4. The fourth-order valence-corrected chi connectivity index (χ4v) is 5.02. The van der Waals surface area contributed by atoms with Gasteiger partial charge in [-0.3, -0.25) is 9.59 Å². The SMILES string of the molecule is CC(C)(C)C(=O)[C@@H]1[C@@H]2[C@H](C(=O)[C@H]3OC[C@@H]2O3)[C@H]2C=Cc3ccccc3N21. The Morgan fingerprint density at radius 3 is 2.77 bits per heavy atom. The highest BCUT2D eigenvalue weighted by Crippen LogP contribution is 2.51. The summed E-state index contributed by atoms with van der Waals surface area (Å²) in [4.78, 5) is 28.7. The van der Waals surface area contributed by atoms with E-state index in [1.807, 2.05) is 39.0 Å². The fraction of sp³-hybridized carbons (Fsp3) is 0.524. The predicted molar refractivity (Wildman–Crippen MR) is 96.6 cm³/mol. The smallest absolute Gasteiger partial charge is 0.218 e. The molecular formula is C21H23NO4. The molecule has 0 aromatic heterocycles. The molecule has 5 heteroatoms. The lowest BCUT2D eigenvalue weighted by Gasteiger charge is -2.38. The van der Waals surface area contributed by atoms with Crippen molar-refractivity contribution in [3.05, 3.63) is 35.9 Å². The van der Waals surface area contributed by atoms with Crippen LogP contribution in [0.1, 0.15) is 26.3 Å². The van der Waals surface area contributed by atoms with Gasteiger partial charge < -0.3 is 14.4 Å². The highest BCUT2D eigenvalue weighted by molar-refractivity contribution is 5.98. The van der Waals surface area contributed by atoms with E-state index >= 15 is 0 Å². The normalized spacial score (nSPS) is 37.3. The Balaban J connectivity index is 1.69. The van der Waals surface area contributed by atoms with E-state index in [0.29, 0.717) is 6.61 Å². The Morgan fingerprint density at radius 2 is 2.00 bits per heavy atom. The summed E-state index contributed by atoms with van der Waals surface area (Å²) < 4.78 is 11.4. The first kappa shape index (κ1) is 16.2. The van der Waals surface area contributed by atoms with E-state index in [2.05, 4.69) is 23.1 Å². The molecule has 6 atom stereocenters. The standard InChI is InChI=1S/C21H23NO4/c1-21(2,3)19(24)17-16-14-10-25-20(26-14)18(23)15(16)13-9-8-11-6-4-5-7-12(11)22(13)17/h4-9,13-17,20H,10H2,1-3H3/t13-,14+,15-,16+,17+,20+/m1/s1. The number of Topliss-reactive ketones (excluding diaryl/α,β-unsaturated/α-hetero) is 2. The summed E-state index contributed by atoms with van der Waals surface area (Å²) in [5.41, 5.74) is 1.62. The van der Waals surface area contributed by atoms with Crippen LogP contribution in [0.3, 0.4) is 0 Å². The molecule has 3 saturated heterocycles. The predicted octanol–water partition coefficient (Wildman–Crippen LogP) is 2.44. The van der Waals surface area contributed by atoms with Gasteiger partial charge in [-0.05, 0) is 11.6 Å². The maximum absolute atomic E-state index is 13.5. The molecule has 0 unspecified atom stereocenters. The number of hydrogen-bond donors (Lipinski definition) is 0. The number of benzene rings is 1. The lowest BCUT2D eigenvalue weighted by molar-refractivity contribution is -0.164. The molecule has 2 bridgehead atoms. The van der Waals surface area contributed by atoms with E-state index in [4.69, 9.17) is 9.47 Å². The van der Waals surface area contributed by atoms with E-state index in [-0.39, 0.29) is 41.6 Å². The zero-order valence-electron chi connectivity index (χ0n) is 15.2. The van der Waals surface area contributed by atoms with Crippen molar-refractivity contribution in [3.63, 3.8) is 0 Å².